The number of aryl methyl sites for hydroxylation is 2. The number of fused-ring (bicyclic) bond motifs is 1. The number of benzene rings is 3. The third-order valence-electron chi connectivity index (χ3n) is 5.57. The molecule has 3 aromatic carbocycles. The summed E-state index contributed by atoms with van der Waals surface area (Å²) in [4.78, 5) is 4.67. The molecular formula is C27H24N4O. The molecule has 0 unspecified atom stereocenters. The minimum Gasteiger partial charge on any atom is -0.487 e. The minimum atomic E-state index is 0.461. The van der Waals surface area contributed by atoms with E-state index >= 15 is 0 Å². The number of ether oxygens (including phenoxy) is 1. The van der Waals surface area contributed by atoms with Gasteiger partial charge in [-0.25, -0.2) is 4.98 Å². The summed E-state index contributed by atoms with van der Waals surface area (Å²) >= 11 is 0. The molecular weight excluding hydrogens is 396 g/mol. The smallest absolute Gasteiger partial charge is 0.130 e. The Morgan fingerprint density at radius 2 is 1.59 bits per heavy atom. The fraction of sp³-hybridized carbons (Fsp3) is 0.185. The van der Waals surface area contributed by atoms with E-state index in [2.05, 4.69) is 69.0 Å². The lowest BCUT2D eigenvalue weighted by atomic mass is 10.0. The standard InChI is InChI=1S/C27H24N4O/c1-2-7-27-23(6-1)12-13-24(29-27)19-32-26-14-10-20(11-15-26)8-9-21-4-3-5-22(16-21)17-25-18-28-31-30-25/h1-7,10-16H,8-9,17-19H2. The SMILES string of the molecule is c1cc(CCc2ccc(OCc3ccc4ccccc4n3)cc2)cc(CC2=NN=NC2)c1. The number of pyridine rings is 1. The first-order valence-corrected chi connectivity index (χ1v) is 10.9. The highest BCUT2D eigenvalue weighted by atomic mass is 16.5. The van der Waals surface area contributed by atoms with Crippen molar-refractivity contribution in [1.29, 1.82) is 0 Å². The molecule has 5 heteroatoms. The Kier molecular flexibility index (Phi) is 5.97. The first kappa shape index (κ1) is 20.1. The zero-order chi connectivity index (χ0) is 21.6. The molecule has 5 rings (SSSR count). The monoisotopic (exact) mass is 420 g/mol. The lowest BCUT2D eigenvalue weighted by molar-refractivity contribution is 0.301. The molecule has 0 bridgehead atoms. The van der Waals surface area contributed by atoms with Crippen LogP contribution in [0.5, 0.6) is 5.75 Å². The largest absolute Gasteiger partial charge is 0.487 e. The highest BCUT2D eigenvalue weighted by molar-refractivity contribution is 5.89. The molecule has 1 aliphatic heterocycles. The van der Waals surface area contributed by atoms with Crippen LogP contribution in [0.3, 0.4) is 0 Å². The van der Waals surface area contributed by atoms with E-state index in [4.69, 9.17) is 4.74 Å². The van der Waals surface area contributed by atoms with Crippen LogP contribution in [0, 0.1) is 0 Å². The molecule has 0 amide bonds. The molecule has 0 aliphatic carbocycles. The summed E-state index contributed by atoms with van der Waals surface area (Å²) in [7, 11) is 0. The lowest BCUT2D eigenvalue weighted by Crippen LogP contribution is -2.04. The van der Waals surface area contributed by atoms with Crippen molar-refractivity contribution in [1.82, 2.24) is 4.98 Å². The maximum Gasteiger partial charge on any atom is 0.130 e. The maximum absolute atomic E-state index is 5.95. The van der Waals surface area contributed by atoms with Crippen molar-refractivity contribution in [2.45, 2.75) is 25.9 Å². The van der Waals surface area contributed by atoms with Gasteiger partial charge >= 0.3 is 0 Å². The van der Waals surface area contributed by atoms with Crippen LogP contribution in [0.1, 0.15) is 22.4 Å². The molecule has 0 atom stereocenters. The summed E-state index contributed by atoms with van der Waals surface area (Å²) in [5.41, 5.74) is 6.84. The zero-order valence-corrected chi connectivity index (χ0v) is 17.8. The Hall–Kier alpha value is -3.86. The lowest BCUT2D eigenvalue weighted by Gasteiger charge is -2.08. The van der Waals surface area contributed by atoms with Gasteiger partial charge in [-0.1, -0.05) is 60.7 Å². The topological polar surface area (TPSA) is 59.2 Å². The molecule has 0 N–H and O–H groups in total. The van der Waals surface area contributed by atoms with Crippen LogP contribution in [-0.4, -0.2) is 17.2 Å². The average Bonchev–Trinajstić information content (AvgIpc) is 3.35. The summed E-state index contributed by atoms with van der Waals surface area (Å²) in [6, 6.07) is 29.3. The van der Waals surface area contributed by atoms with Crippen molar-refractivity contribution >= 4 is 16.6 Å². The predicted octanol–water partition coefficient (Wildman–Crippen LogP) is 5.96. The van der Waals surface area contributed by atoms with Crippen molar-refractivity contribution in [2.75, 3.05) is 6.54 Å². The number of aromatic nitrogens is 1. The van der Waals surface area contributed by atoms with Gasteiger partial charge in [-0.15, -0.1) is 5.10 Å². The van der Waals surface area contributed by atoms with E-state index in [0.29, 0.717) is 13.2 Å². The number of nitrogens with zero attached hydrogens (tertiary/aromatic N) is 4. The van der Waals surface area contributed by atoms with Gasteiger partial charge in [0.05, 0.1) is 16.9 Å². The number of hydrogen-bond acceptors (Lipinski definition) is 5. The van der Waals surface area contributed by atoms with Crippen LogP contribution in [0.4, 0.5) is 0 Å². The molecule has 1 aromatic heterocycles. The molecule has 2 heterocycles. The molecule has 0 saturated carbocycles. The predicted molar refractivity (Wildman–Crippen MR) is 127 cm³/mol. The van der Waals surface area contributed by atoms with Gasteiger partial charge in [0, 0.05) is 11.8 Å². The van der Waals surface area contributed by atoms with E-state index in [-0.39, 0.29) is 0 Å². The van der Waals surface area contributed by atoms with Crippen molar-refractivity contribution in [3.8, 4) is 5.75 Å². The fourth-order valence-electron chi connectivity index (χ4n) is 3.85. The van der Waals surface area contributed by atoms with Crippen LogP contribution in [0.2, 0.25) is 0 Å². The molecule has 4 aromatic rings. The Balaban J connectivity index is 1.14. The van der Waals surface area contributed by atoms with E-state index in [1.54, 1.807) is 0 Å². The van der Waals surface area contributed by atoms with Gasteiger partial charge in [0.1, 0.15) is 18.9 Å². The maximum atomic E-state index is 5.95. The second-order valence-electron chi connectivity index (χ2n) is 7.98. The van der Waals surface area contributed by atoms with E-state index < -0.39 is 0 Å². The summed E-state index contributed by atoms with van der Waals surface area (Å²) in [6.07, 6.45) is 2.80. The van der Waals surface area contributed by atoms with E-state index in [0.717, 1.165) is 47.3 Å². The van der Waals surface area contributed by atoms with Crippen LogP contribution in [-0.2, 0) is 25.9 Å². The Labute approximate surface area is 187 Å². The van der Waals surface area contributed by atoms with Crippen LogP contribution in [0.25, 0.3) is 10.9 Å². The first-order valence-electron chi connectivity index (χ1n) is 10.9. The molecule has 158 valence electrons. The molecule has 0 radical (unpaired) electrons. The molecule has 0 spiro atoms. The van der Waals surface area contributed by atoms with Gasteiger partial charge in [0.25, 0.3) is 0 Å². The summed E-state index contributed by atoms with van der Waals surface area (Å²) in [5.74, 6) is 0.860. The Bertz CT molecular complexity index is 1280. The molecule has 32 heavy (non-hydrogen) atoms. The Morgan fingerprint density at radius 1 is 0.750 bits per heavy atom. The number of hydrogen-bond donors (Lipinski definition) is 0. The molecule has 0 saturated heterocycles. The third kappa shape index (κ3) is 5.06. The van der Waals surface area contributed by atoms with Gasteiger partial charge in [-0.05, 0) is 59.0 Å². The highest BCUT2D eigenvalue weighted by Gasteiger charge is 2.06. The van der Waals surface area contributed by atoms with Crippen LogP contribution in [0.15, 0.2) is 100 Å². The average molecular weight is 421 g/mol. The second-order valence-corrected chi connectivity index (χ2v) is 7.98. The highest BCUT2D eigenvalue weighted by Crippen LogP contribution is 2.18. The quantitative estimate of drug-likeness (QED) is 0.353. The van der Waals surface area contributed by atoms with Gasteiger partial charge in [-0.3, -0.25) is 0 Å². The van der Waals surface area contributed by atoms with Gasteiger partial charge in [-0.2, -0.15) is 5.11 Å². The van der Waals surface area contributed by atoms with Crippen LogP contribution < -0.4 is 4.74 Å². The Morgan fingerprint density at radius 3 is 2.47 bits per heavy atom. The van der Waals surface area contributed by atoms with Crippen LogP contribution >= 0.6 is 0 Å². The summed E-state index contributed by atoms with van der Waals surface area (Å²) < 4.78 is 5.95. The third-order valence-corrected chi connectivity index (χ3v) is 5.57. The van der Waals surface area contributed by atoms with E-state index in [9.17, 15) is 0 Å². The summed E-state index contributed by atoms with van der Waals surface area (Å²) in [5, 5.41) is 12.8. The van der Waals surface area contributed by atoms with E-state index in [1.807, 2.05) is 36.4 Å². The van der Waals surface area contributed by atoms with Gasteiger partial charge < -0.3 is 4.74 Å². The number of para-hydroxylation sites is 1. The fourth-order valence-corrected chi connectivity index (χ4v) is 3.85. The number of rotatable bonds is 8. The molecule has 0 fully saturated rings. The normalized spacial score (nSPS) is 12.8. The molecule has 1 aliphatic rings. The van der Waals surface area contributed by atoms with Gasteiger partial charge in [0.2, 0.25) is 0 Å². The van der Waals surface area contributed by atoms with Crippen molar-refractivity contribution in [3.63, 3.8) is 0 Å². The first-order chi connectivity index (χ1) is 15.8. The zero-order valence-electron chi connectivity index (χ0n) is 17.8. The second kappa shape index (κ2) is 9.52. The summed E-state index contributed by atoms with van der Waals surface area (Å²) in [6.45, 7) is 1.08. The van der Waals surface area contributed by atoms with E-state index in [1.165, 1.54) is 16.7 Å². The van der Waals surface area contributed by atoms with Gasteiger partial charge in [0.15, 0.2) is 0 Å². The van der Waals surface area contributed by atoms with Crippen molar-refractivity contribution in [3.05, 3.63) is 107 Å². The van der Waals surface area contributed by atoms with Crippen molar-refractivity contribution in [2.24, 2.45) is 15.4 Å². The van der Waals surface area contributed by atoms with Crippen molar-refractivity contribution < 1.29 is 4.74 Å². The molecule has 5 nitrogen and oxygen atoms in total. The minimum absolute atomic E-state index is 0.461.